The van der Waals surface area contributed by atoms with E-state index >= 15 is 0 Å². The highest BCUT2D eigenvalue weighted by Gasteiger charge is 2.18. The van der Waals surface area contributed by atoms with Crippen molar-refractivity contribution in [2.45, 2.75) is 19.5 Å². The number of aromatic nitrogens is 2. The Kier molecular flexibility index (Phi) is 4.00. The van der Waals surface area contributed by atoms with Gasteiger partial charge in [-0.2, -0.15) is 4.98 Å². The molecule has 2 heterocycles. The Bertz CT molecular complexity index is 569. The van der Waals surface area contributed by atoms with E-state index in [9.17, 15) is 0 Å². The van der Waals surface area contributed by atoms with Crippen molar-refractivity contribution in [3.63, 3.8) is 0 Å². The van der Waals surface area contributed by atoms with Crippen molar-refractivity contribution in [3.8, 4) is 11.5 Å². The molecule has 1 aliphatic heterocycles. The minimum Gasteiger partial charge on any atom is -0.334 e. The van der Waals surface area contributed by atoms with Gasteiger partial charge < -0.3 is 9.84 Å². The fourth-order valence-electron chi connectivity index (χ4n) is 2.38. The van der Waals surface area contributed by atoms with E-state index in [0.717, 1.165) is 37.6 Å². The average molecular weight is 293 g/mol. The Morgan fingerprint density at radius 3 is 2.95 bits per heavy atom. The maximum absolute atomic E-state index is 5.87. The summed E-state index contributed by atoms with van der Waals surface area (Å²) in [6.07, 6.45) is 0. The van der Waals surface area contributed by atoms with Crippen molar-refractivity contribution in [1.82, 2.24) is 20.4 Å². The molecule has 0 bridgehead atoms. The van der Waals surface area contributed by atoms with Crippen LogP contribution in [0.5, 0.6) is 0 Å². The first kappa shape index (κ1) is 13.5. The molecule has 106 valence electrons. The predicted molar refractivity (Wildman–Crippen MR) is 77.5 cm³/mol. The summed E-state index contributed by atoms with van der Waals surface area (Å²) in [5.74, 6) is 1.27. The normalized spacial score (nSPS) is 20.2. The van der Waals surface area contributed by atoms with Gasteiger partial charge in [-0.1, -0.05) is 16.8 Å². The standard InChI is InChI=1S/C14H17ClN4O/c1-10-8-19(7-6-16-10)9-13-17-14(20-18-13)11-2-4-12(15)5-3-11/h2-5,10,16H,6-9H2,1H3/t10-/m0/s1. The molecule has 1 fully saturated rings. The molecule has 2 aromatic rings. The van der Waals surface area contributed by atoms with Crippen LogP contribution >= 0.6 is 11.6 Å². The molecule has 1 aliphatic rings. The van der Waals surface area contributed by atoms with Gasteiger partial charge in [0, 0.05) is 36.3 Å². The maximum atomic E-state index is 5.87. The second kappa shape index (κ2) is 5.91. The number of piperazine rings is 1. The lowest BCUT2D eigenvalue weighted by Gasteiger charge is -2.30. The van der Waals surface area contributed by atoms with Gasteiger partial charge in [0.15, 0.2) is 5.82 Å². The number of halogens is 1. The number of nitrogens with one attached hydrogen (secondary N) is 1. The van der Waals surface area contributed by atoms with E-state index in [1.54, 1.807) is 0 Å². The quantitative estimate of drug-likeness (QED) is 0.940. The van der Waals surface area contributed by atoms with Crippen molar-refractivity contribution in [2.24, 2.45) is 0 Å². The first-order valence-electron chi connectivity index (χ1n) is 6.75. The molecule has 1 atom stereocenters. The van der Waals surface area contributed by atoms with Gasteiger partial charge in [-0.3, -0.25) is 4.90 Å². The third kappa shape index (κ3) is 3.17. The number of nitrogens with zero attached hydrogens (tertiary/aromatic N) is 3. The van der Waals surface area contributed by atoms with Gasteiger partial charge in [-0.15, -0.1) is 0 Å². The topological polar surface area (TPSA) is 54.2 Å². The van der Waals surface area contributed by atoms with Crippen molar-refractivity contribution in [1.29, 1.82) is 0 Å². The molecule has 0 saturated carbocycles. The first-order chi connectivity index (χ1) is 9.70. The molecule has 0 aliphatic carbocycles. The molecule has 20 heavy (non-hydrogen) atoms. The highest BCUT2D eigenvalue weighted by atomic mass is 35.5. The van der Waals surface area contributed by atoms with E-state index in [-0.39, 0.29) is 0 Å². The number of benzene rings is 1. The highest BCUT2D eigenvalue weighted by molar-refractivity contribution is 6.30. The molecule has 1 N–H and O–H groups in total. The smallest absolute Gasteiger partial charge is 0.257 e. The zero-order valence-electron chi connectivity index (χ0n) is 11.3. The molecule has 0 spiro atoms. The van der Waals surface area contributed by atoms with Crippen LogP contribution in [0.25, 0.3) is 11.5 Å². The molecule has 1 aromatic heterocycles. The summed E-state index contributed by atoms with van der Waals surface area (Å²) < 4.78 is 5.31. The van der Waals surface area contributed by atoms with Gasteiger partial charge in [0.05, 0.1) is 6.54 Å². The van der Waals surface area contributed by atoms with E-state index in [4.69, 9.17) is 16.1 Å². The lowest BCUT2D eigenvalue weighted by Crippen LogP contribution is -2.48. The zero-order chi connectivity index (χ0) is 13.9. The molecular formula is C14H17ClN4O. The predicted octanol–water partition coefficient (Wildman–Crippen LogP) is 2.18. The van der Waals surface area contributed by atoms with Crippen LogP contribution in [0.1, 0.15) is 12.7 Å². The third-order valence-electron chi connectivity index (χ3n) is 3.38. The van der Waals surface area contributed by atoms with Gasteiger partial charge in [-0.25, -0.2) is 0 Å². The second-order valence-corrected chi connectivity index (χ2v) is 5.55. The Hall–Kier alpha value is -1.43. The van der Waals surface area contributed by atoms with Crippen molar-refractivity contribution in [3.05, 3.63) is 35.1 Å². The van der Waals surface area contributed by atoms with E-state index < -0.39 is 0 Å². The van der Waals surface area contributed by atoms with Gasteiger partial charge in [0.1, 0.15) is 0 Å². The summed E-state index contributed by atoms with van der Waals surface area (Å²) in [5, 5.41) is 8.17. The van der Waals surface area contributed by atoms with Crippen molar-refractivity contribution >= 4 is 11.6 Å². The summed E-state index contributed by atoms with van der Waals surface area (Å²) in [4.78, 5) is 6.78. The Morgan fingerprint density at radius 1 is 1.40 bits per heavy atom. The van der Waals surface area contributed by atoms with Gasteiger partial charge in [0.2, 0.25) is 0 Å². The van der Waals surface area contributed by atoms with Crippen LogP contribution in [0.15, 0.2) is 28.8 Å². The minimum atomic E-state index is 0.506. The van der Waals surface area contributed by atoms with E-state index in [2.05, 4.69) is 27.3 Å². The van der Waals surface area contributed by atoms with Crippen LogP contribution < -0.4 is 5.32 Å². The molecule has 3 rings (SSSR count). The van der Waals surface area contributed by atoms with Crippen LogP contribution in [0.2, 0.25) is 5.02 Å². The monoisotopic (exact) mass is 292 g/mol. The van der Waals surface area contributed by atoms with E-state index in [1.165, 1.54) is 0 Å². The summed E-state index contributed by atoms with van der Waals surface area (Å²) in [5.41, 5.74) is 0.891. The molecule has 1 aromatic carbocycles. The maximum Gasteiger partial charge on any atom is 0.257 e. The van der Waals surface area contributed by atoms with Crippen LogP contribution in [-0.4, -0.2) is 40.7 Å². The second-order valence-electron chi connectivity index (χ2n) is 5.11. The molecule has 0 radical (unpaired) electrons. The van der Waals surface area contributed by atoms with Crippen LogP contribution in [0, 0.1) is 0 Å². The summed E-state index contributed by atoms with van der Waals surface area (Å²) in [6.45, 7) is 5.92. The van der Waals surface area contributed by atoms with Gasteiger partial charge in [-0.05, 0) is 31.2 Å². The number of hydrogen-bond acceptors (Lipinski definition) is 5. The minimum absolute atomic E-state index is 0.506. The SMILES string of the molecule is C[C@H]1CN(Cc2noc(-c3ccc(Cl)cc3)n2)CCN1. The van der Waals surface area contributed by atoms with Gasteiger partial charge >= 0.3 is 0 Å². The highest BCUT2D eigenvalue weighted by Crippen LogP contribution is 2.20. The number of rotatable bonds is 3. The van der Waals surface area contributed by atoms with Crippen LogP contribution in [0.4, 0.5) is 0 Å². The lowest BCUT2D eigenvalue weighted by atomic mass is 10.2. The average Bonchev–Trinajstić information content (AvgIpc) is 2.88. The Morgan fingerprint density at radius 2 is 2.20 bits per heavy atom. The van der Waals surface area contributed by atoms with Crippen molar-refractivity contribution < 1.29 is 4.52 Å². The molecule has 0 amide bonds. The summed E-state index contributed by atoms with van der Waals surface area (Å²) in [6, 6.07) is 7.91. The summed E-state index contributed by atoms with van der Waals surface area (Å²) >= 11 is 5.87. The third-order valence-corrected chi connectivity index (χ3v) is 3.63. The zero-order valence-corrected chi connectivity index (χ0v) is 12.1. The van der Waals surface area contributed by atoms with Crippen LogP contribution in [0.3, 0.4) is 0 Å². The Labute approximate surface area is 122 Å². The first-order valence-corrected chi connectivity index (χ1v) is 7.13. The fraction of sp³-hybridized carbons (Fsp3) is 0.429. The largest absolute Gasteiger partial charge is 0.334 e. The molecule has 6 heteroatoms. The summed E-state index contributed by atoms with van der Waals surface area (Å²) in [7, 11) is 0. The Balaban J connectivity index is 1.69. The van der Waals surface area contributed by atoms with E-state index in [1.807, 2.05) is 24.3 Å². The fourth-order valence-corrected chi connectivity index (χ4v) is 2.51. The molecule has 0 unspecified atom stereocenters. The van der Waals surface area contributed by atoms with Crippen LogP contribution in [-0.2, 0) is 6.54 Å². The molecule has 1 saturated heterocycles. The van der Waals surface area contributed by atoms with Gasteiger partial charge in [0.25, 0.3) is 5.89 Å². The molecule has 5 nitrogen and oxygen atoms in total. The number of hydrogen-bond donors (Lipinski definition) is 1. The van der Waals surface area contributed by atoms with E-state index in [0.29, 0.717) is 17.0 Å². The molecular weight excluding hydrogens is 276 g/mol. The lowest BCUT2D eigenvalue weighted by molar-refractivity contribution is 0.193. The van der Waals surface area contributed by atoms with Crippen molar-refractivity contribution in [2.75, 3.05) is 19.6 Å².